The Morgan fingerprint density at radius 1 is 1.58 bits per heavy atom. The first-order valence-corrected chi connectivity index (χ1v) is 6.49. The summed E-state index contributed by atoms with van der Waals surface area (Å²) in [6.07, 6.45) is 1.65. The fourth-order valence-corrected chi connectivity index (χ4v) is 1.98. The zero-order valence-electron chi connectivity index (χ0n) is 10.7. The van der Waals surface area contributed by atoms with Crippen molar-refractivity contribution in [3.8, 4) is 0 Å². The lowest BCUT2D eigenvalue weighted by atomic mass is 10.4. The number of anilines is 2. The van der Waals surface area contributed by atoms with E-state index in [1.54, 1.807) is 12.3 Å². The number of rotatable bonds is 5. The van der Waals surface area contributed by atoms with Crippen molar-refractivity contribution in [2.45, 2.75) is 13.5 Å². The lowest BCUT2D eigenvalue weighted by Crippen LogP contribution is -2.26. The lowest BCUT2D eigenvalue weighted by molar-refractivity contribution is 0.626. The molecule has 0 saturated carbocycles. The Morgan fingerprint density at radius 2 is 2.37 bits per heavy atom. The summed E-state index contributed by atoms with van der Waals surface area (Å²) >= 11 is 1.14. The fraction of sp³-hybridized carbons (Fsp3) is 0.400. The number of hydrazine groups is 1. The Kier molecular flexibility index (Phi) is 4.07. The van der Waals surface area contributed by atoms with Crippen LogP contribution in [0.1, 0.15) is 12.6 Å². The van der Waals surface area contributed by atoms with Crippen LogP contribution in [0.15, 0.2) is 17.1 Å². The molecular formula is C10H15N7OS. The van der Waals surface area contributed by atoms with E-state index in [4.69, 9.17) is 5.84 Å². The summed E-state index contributed by atoms with van der Waals surface area (Å²) in [7, 11) is 1.90. The van der Waals surface area contributed by atoms with Crippen LogP contribution in [0.4, 0.5) is 10.7 Å². The lowest BCUT2D eigenvalue weighted by Gasteiger charge is -2.16. The molecule has 0 bridgehead atoms. The number of nitrogens with two attached hydrogens (primary N) is 1. The van der Waals surface area contributed by atoms with E-state index in [9.17, 15) is 4.79 Å². The van der Waals surface area contributed by atoms with Crippen LogP contribution in [0, 0.1) is 0 Å². The fourth-order valence-electron chi connectivity index (χ4n) is 1.50. The standard InChI is InChI=1S/C10H15N7OS/c1-3-16(2)7-4-9(18)17(12-5-7)6-8-10(13-11)19-15-14-8/h4-5,13H,3,6,11H2,1-2H3. The van der Waals surface area contributed by atoms with Crippen molar-refractivity contribution in [2.24, 2.45) is 5.84 Å². The van der Waals surface area contributed by atoms with Crippen LogP contribution in [-0.2, 0) is 6.54 Å². The van der Waals surface area contributed by atoms with Gasteiger partial charge in [0.05, 0.1) is 18.4 Å². The molecule has 0 aliphatic heterocycles. The summed E-state index contributed by atoms with van der Waals surface area (Å²) in [5, 5.41) is 8.67. The number of aromatic nitrogens is 4. The van der Waals surface area contributed by atoms with Crippen LogP contribution in [0.25, 0.3) is 0 Å². The van der Waals surface area contributed by atoms with E-state index in [0.29, 0.717) is 10.7 Å². The minimum absolute atomic E-state index is 0.186. The van der Waals surface area contributed by atoms with Gasteiger partial charge >= 0.3 is 0 Å². The minimum Gasteiger partial charge on any atom is -0.373 e. The highest BCUT2D eigenvalue weighted by Gasteiger charge is 2.10. The van der Waals surface area contributed by atoms with Gasteiger partial charge in [0.15, 0.2) is 0 Å². The van der Waals surface area contributed by atoms with E-state index in [2.05, 4.69) is 20.1 Å². The predicted octanol–water partition coefficient (Wildman–Crippen LogP) is -0.115. The van der Waals surface area contributed by atoms with Crippen LogP contribution >= 0.6 is 11.5 Å². The molecule has 102 valence electrons. The Morgan fingerprint density at radius 3 is 3.00 bits per heavy atom. The SMILES string of the molecule is CCN(C)c1cnn(Cc2nnsc2NN)c(=O)c1. The first-order valence-electron chi connectivity index (χ1n) is 5.71. The Bertz CT molecular complexity index is 608. The zero-order chi connectivity index (χ0) is 13.8. The van der Waals surface area contributed by atoms with Gasteiger partial charge in [-0.05, 0) is 6.92 Å². The molecule has 2 aromatic heterocycles. The summed E-state index contributed by atoms with van der Waals surface area (Å²) < 4.78 is 5.10. The molecule has 0 fully saturated rings. The molecule has 0 atom stereocenters. The summed E-state index contributed by atoms with van der Waals surface area (Å²) in [4.78, 5) is 13.9. The second-order valence-electron chi connectivity index (χ2n) is 3.92. The normalized spacial score (nSPS) is 10.5. The van der Waals surface area contributed by atoms with Gasteiger partial charge in [0.25, 0.3) is 5.56 Å². The molecule has 0 aliphatic carbocycles. The van der Waals surface area contributed by atoms with Crippen LogP contribution in [0.2, 0.25) is 0 Å². The first kappa shape index (κ1) is 13.4. The molecule has 0 aromatic carbocycles. The van der Waals surface area contributed by atoms with Crippen molar-refractivity contribution in [2.75, 3.05) is 23.9 Å². The molecule has 2 rings (SSSR count). The van der Waals surface area contributed by atoms with Gasteiger partial charge in [-0.3, -0.25) is 4.79 Å². The number of nitrogens with zero attached hydrogens (tertiary/aromatic N) is 5. The largest absolute Gasteiger partial charge is 0.373 e. The van der Waals surface area contributed by atoms with E-state index in [1.807, 2.05) is 18.9 Å². The maximum absolute atomic E-state index is 12.0. The Labute approximate surface area is 114 Å². The Hall–Kier alpha value is -2.00. The van der Waals surface area contributed by atoms with Gasteiger partial charge in [-0.15, -0.1) is 5.10 Å². The van der Waals surface area contributed by atoms with Gasteiger partial charge in [-0.1, -0.05) is 4.49 Å². The number of nitrogen functional groups attached to an aromatic ring is 1. The van der Waals surface area contributed by atoms with Crippen molar-refractivity contribution in [1.29, 1.82) is 0 Å². The molecule has 0 spiro atoms. The topological polar surface area (TPSA) is 102 Å². The second kappa shape index (κ2) is 5.76. The molecule has 0 saturated heterocycles. The van der Waals surface area contributed by atoms with E-state index >= 15 is 0 Å². The minimum atomic E-state index is -0.186. The molecule has 0 amide bonds. The monoisotopic (exact) mass is 281 g/mol. The second-order valence-corrected chi connectivity index (χ2v) is 4.67. The number of hydrogen-bond donors (Lipinski definition) is 2. The highest BCUT2D eigenvalue weighted by atomic mass is 32.1. The maximum Gasteiger partial charge on any atom is 0.269 e. The van der Waals surface area contributed by atoms with Gasteiger partial charge in [0.2, 0.25) is 0 Å². The summed E-state index contributed by atoms with van der Waals surface area (Å²) in [5.74, 6) is 5.33. The van der Waals surface area contributed by atoms with Crippen molar-refractivity contribution in [1.82, 2.24) is 19.4 Å². The highest BCUT2D eigenvalue weighted by molar-refractivity contribution is 7.10. The third kappa shape index (κ3) is 2.88. The van der Waals surface area contributed by atoms with Crippen molar-refractivity contribution >= 4 is 22.2 Å². The molecule has 3 N–H and O–H groups in total. The van der Waals surface area contributed by atoms with Gasteiger partial charge in [0.1, 0.15) is 10.7 Å². The molecule has 19 heavy (non-hydrogen) atoms. The average molecular weight is 281 g/mol. The molecule has 8 nitrogen and oxygen atoms in total. The molecule has 0 aliphatic rings. The van der Waals surface area contributed by atoms with Gasteiger partial charge in [-0.2, -0.15) is 5.10 Å². The van der Waals surface area contributed by atoms with Crippen LogP contribution < -0.4 is 21.7 Å². The molecular weight excluding hydrogens is 266 g/mol. The third-order valence-electron chi connectivity index (χ3n) is 2.76. The molecule has 0 unspecified atom stereocenters. The Balaban J connectivity index is 2.25. The van der Waals surface area contributed by atoms with Gasteiger partial charge in [0, 0.05) is 31.2 Å². The molecule has 9 heteroatoms. The number of hydrogen-bond acceptors (Lipinski definition) is 8. The van der Waals surface area contributed by atoms with Crippen LogP contribution in [-0.4, -0.2) is 33.0 Å². The smallest absolute Gasteiger partial charge is 0.269 e. The van der Waals surface area contributed by atoms with Gasteiger partial charge in [-0.25, -0.2) is 10.5 Å². The van der Waals surface area contributed by atoms with Crippen molar-refractivity contribution < 1.29 is 0 Å². The van der Waals surface area contributed by atoms with E-state index in [-0.39, 0.29) is 12.1 Å². The molecule has 2 heterocycles. The molecule has 0 radical (unpaired) electrons. The first-order chi connectivity index (χ1) is 9.15. The van der Waals surface area contributed by atoms with E-state index in [0.717, 1.165) is 23.8 Å². The van der Waals surface area contributed by atoms with Crippen molar-refractivity contribution in [3.63, 3.8) is 0 Å². The quantitative estimate of drug-likeness (QED) is 0.582. The summed E-state index contributed by atoms with van der Waals surface area (Å²) in [5.41, 5.74) is 3.70. The molecule has 2 aromatic rings. The van der Waals surface area contributed by atoms with Crippen LogP contribution in [0.3, 0.4) is 0 Å². The van der Waals surface area contributed by atoms with Crippen LogP contribution in [0.5, 0.6) is 0 Å². The van der Waals surface area contributed by atoms with E-state index < -0.39 is 0 Å². The zero-order valence-corrected chi connectivity index (χ0v) is 11.5. The maximum atomic E-state index is 12.0. The number of nitrogens with one attached hydrogen (secondary N) is 1. The highest BCUT2D eigenvalue weighted by Crippen LogP contribution is 2.16. The third-order valence-corrected chi connectivity index (χ3v) is 3.46. The summed E-state index contributed by atoms with van der Waals surface area (Å²) in [6.45, 7) is 3.05. The summed E-state index contributed by atoms with van der Waals surface area (Å²) in [6, 6.07) is 1.55. The predicted molar refractivity (Wildman–Crippen MR) is 74.3 cm³/mol. The van der Waals surface area contributed by atoms with E-state index in [1.165, 1.54) is 4.68 Å². The van der Waals surface area contributed by atoms with Gasteiger partial charge < -0.3 is 10.3 Å². The average Bonchev–Trinajstić information content (AvgIpc) is 2.87. The van der Waals surface area contributed by atoms with Crippen molar-refractivity contribution in [3.05, 3.63) is 28.3 Å².